The quantitative estimate of drug-likeness (QED) is 0.173. The topological polar surface area (TPSA) is 151 Å². The molecule has 0 bridgehead atoms. The lowest BCUT2D eigenvalue weighted by Gasteiger charge is -2.19. The molecule has 0 aliphatic carbocycles. The number of nitrogens with two attached hydrogens (primary N) is 2. The Morgan fingerprint density at radius 2 is 1.80 bits per heavy atom. The lowest BCUT2D eigenvalue weighted by molar-refractivity contribution is -0.138. The molecule has 0 rings (SSSR count). The first-order chi connectivity index (χ1) is 11.9. The predicted molar refractivity (Wildman–Crippen MR) is 99.4 cm³/mol. The first-order valence-corrected chi connectivity index (χ1v) is 8.34. The maximum atomic E-state index is 10.5. The Morgan fingerprint density at radius 3 is 2.20 bits per heavy atom. The van der Waals surface area contributed by atoms with Crippen molar-refractivity contribution in [3.05, 3.63) is 12.3 Å². The van der Waals surface area contributed by atoms with Crippen LogP contribution in [0.1, 0.15) is 26.7 Å². The molecule has 0 unspecified atom stereocenters. The van der Waals surface area contributed by atoms with E-state index in [9.17, 15) is 4.79 Å². The van der Waals surface area contributed by atoms with Gasteiger partial charge in [-0.1, -0.05) is 20.4 Å². The summed E-state index contributed by atoms with van der Waals surface area (Å²) in [5.41, 5.74) is 9.31. The highest BCUT2D eigenvalue weighted by Crippen LogP contribution is 1.92. The van der Waals surface area contributed by atoms with E-state index >= 15 is 0 Å². The summed E-state index contributed by atoms with van der Waals surface area (Å²) < 4.78 is 5.01. The number of carbonyl (C=O) groups excluding carboxylic acids is 1. The molecule has 0 aliphatic rings. The first-order valence-electron chi connectivity index (χ1n) is 8.34. The van der Waals surface area contributed by atoms with Crippen molar-refractivity contribution in [2.24, 2.45) is 11.5 Å². The number of aliphatic hydroxyl groups is 1. The molecule has 0 spiro atoms. The maximum Gasteiger partial charge on any atom is 0.317 e. The van der Waals surface area contributed by atoms with Gasteiger partial charge in [0.2, 0.25) is 6.41 Å². The second kappa shape index (κ2) is 24.6. The Kier molecular flexibility index (Phi) is 27.7. The molecule has 25 heavy (non-hydrogen) atoms. The van der Waals surface area contributed by atoms with Gasteiger partial charge in [0.1, 0.15) is 0 Å². The monoisotopic (exact) mass is 364 g/mol. The van der Waals surface area contributed by atoms with E-state index in [1.54, 1.807) is 4.90 Å². The van der Waals surface area contributed by atoms with E-state index < -0.39 is 5.97 Å². The highest BCUT2D eigenvalue weighted by Gasteiger charge is 2.09. The van der Waals surface area contributed by atoms with Gasteiger partial charge < -0.3 is 31.7 Å². The number of primary amides is 1. The summed E-state index contributed by atoms with van der Waals surface area (Å²) in [6.07, 6.45) is 2.38. The minimum atomic E-state index is -0.897. The van der Waals surface area contributed by atoms with Gasteiger partial charge in [-0.15, -0.1) is 0 Å². The Morgan fingerprint density at radius 1 is 1.20 bits per heavy atom. The van der Waals surface area contributed by atoms with Crippen LogP contribution in [0.2, 0.25) is 0 Å². The van der Waals surface area contributed by atoms with Gasteiger partial charge in [0, 0.05) is 26.2 Å². The fourth-order valence-electron chi connectivity index (χ4n) is 1.53. The van der Waals surface area contributed by atoms with E-state index in [0.717, 1.165) is 26.0 Å². The average molecular weight is 364 g/mol. The van der Waals surface area contributed by atoms with Crippen molar-refractivity contribution in [2.45, 2.75) is 26.7 Å². The number of rotatable bonds is 13. The summed E-state index contributed by atoms with van der Waals surface area (Å²) in [5.74, 6) is -0.904. The second-order valence-electron chi connectivity index (χ2n) is 4.96. The normalized spacial score (nSPS) is 9.44. The van der Waals surface area contributed by atoms with Crippen molar-refractivity contribution in [3.8, 4) is 0 Å². The van der Waals surface area contributed by atoms with Crippen LogP contribution in [-0.4, -0.2) is 80.0 Å². The molecule has 0 aliphatic heterocycles. The number of carbonyl (C=O) groups is 2. The van der Waals surface area contributed by atoms with Crippen LogP contribution in [0, 0.1) is 0 Å². The van der Waals surface area contributed by atoms with Gasteiger partial charge in [-0.3, -0.25) is 14.5 Å². The third-order valence-electron chi connectivity index (χ3n) is 2.41. The van der Waals surface area contributed by atoms with E-state index in [1.807, 2.05) is 0 Å². The molecule has 0 aromatic rings. The van der Waals surface area contributed by atoms with E-state index in [4.69, 9.17) is 25.5 Å². The molecule has 0 aromatic carbocycles. The number of amides is 1. The van der Waals surface area contributed by atoms with Gasteiger partial charge in [-0.25, -0.2) is 0 Å². The molecule has 9 heteroatoms. The number of aliphatic hydroxyl groups excluding tert-OH is 1. The summed E-state index contributed by atoms with van der Waals surface area (Å²) in [4.78, 5) is 20.7. The lowest BCUT2D eigenvalue weighted by atomic mass is 10.4. The molecule has 0 saturated carbocycles. The fourth-order valence-corrected chi connectivity index (χ4v) is 1.53. The van der Waals surface area contributed by atoms with Crippen molar-refractivity contribution >= 4 is 12.4 Å². The van der Waals surface area contributed by atoms with E-state index in [-0.39, 0.29) is 25.3 Å². The Hall–Kier alpha value is -1.68. The van der Waals surface area contributed by atoms with Crippen LogP contribution in [0.5, 0.6) is 0 Å². The number of nitrogens with one attached hydrogen (secondary N) is 1. The van der Waals surface area contributed by atoms with Crippen LogP contribution in [0.25, 0.3) is 0 Å². The van der Waals surface area contributed by atoms with Crippen LogP contribution >= 0.6 is 0 Å². The molecule has 0 aromatic heterocycles. The third kappa shape index (κ3) is 34.6. The van der Waals surface area contributed by atoms with Gasteiger partial charge in [-0.2, -0.15) is 0 Å². The van der Waals surface area contributed by atoms with E-state index in [0.29, 0.717) is 26.2 Å². The summed E-state index contributed by atoms with van der Waals surface area (Å²) >= 11 is 0. The molecule has 7 N–H and O–H groups in total. The number of carboxylic acids is 1. The fraction of sp³-hybridized carbons (Fsp3) is 0.750. The van der Waals surface area contributed by atoms with Gasteiger partial charge in [0.15, 0.2) is 0 Å². The SMILES string of the molecule is C=C(O)CN(CCNCCC)CC(=O)O.CCCOCCN.NC=O. The van der Waals surface area contributed by atoms with Gasteiger partial charge >= 0.3 is 5.97 Å². The van der Waals surface area contributed by atoms with Gasteiger partial charge in [0.05, 0.1) is 25.5 Å². The average Bonchev–Trinajstić information content (AvgIpc) is 2.52. The van der Waals surface area contributed by atoms with Crippen molar-refractivity contribution in [1.82, 2.24) is 10.2 Å². The molecule has 150 valence electrons. The first kappa shape index (κ1) is 28.1. The Labute approximate surface area is 151 Å². The van der Waals surface area contributed by atoms with Crippen molar-refractivity contribution in [2.75, 3.05) is 52.5 Å². The highest BCUT2D eigenvalue weighted by atomic mass is 16.5. The van der Waals surface area contributed by atoms with Crippen molar-refractivity contribution in [3.63, 3.8) is 0 Å². The number of hydrogen-bond donors (Lipinski definition) is 5. The van der Waals surface area contributed by atoms with E-state index in [1.165, 1.54) is 0 Å². The molecule has 0 atom stereocenters. The summed E-state index contributed by atoms with van der Waals surface area (Å²) in [6, 6.07) is 0. The van der Waals surface area contributed by atoms with Crippen molar-refractivity contribution in [1.29, 1.82) is 0 Å². The van der Waals surface area contributed by atoms with Gasteiger partial charge in [-0.05, 0) is 19.4 Å². The minimum Gasteiger partial charge on any atom is -0.512 e. The number of carboxylic acid groups (broad SMARTS) is 1. The van der Waals surface area contributed by atoms with Crippen LogP contribution in [0.3, 0.4) is 0 Å². The lowest BCUT2D eigenvalue weighted by Crippen LogP contribution is -2.37. The predicted octanol–water partition coefficient (Wildman–Crippen LogP) is -0.0825. The molecule has 0 saturated heterocycles. The zero-order valence-corrected chi connectivity index (χ0v) is 15.6. The van der Waals surface area contributed by atoms with Crippen LogP contribution in [-0.2, 0) is 14.3 Å². The summed E-state index contributed by atoms with van der Waals surface area (Å²) in [7, 11) is 0. The Bertz CT molecular complexity index is 297. The highest BCUT2D eigenvalue weighted by molar-refractivity contribution is 5.69. The van der Waals surface area contributed by atoms with Crippen LogP contribution in [0.4, 0.5) is 0 Å². The van der Waals surface area contributed by atoms with Crippen LogP contribution in [0.15, 0.2) is 12.3 Å². The smallest absolute Gasteiger partial charge is 0.317 e. The molecule has 0 heterocycles. The second-order valence-corrected chi connectivity index (χ2v) is 4.96. The largest absolute Gasteiger partial charge is 0.512 e. The minimum absolute atomic E-state index is 0.00765. The standard InChI is InChI=1S/C10H20N2O3.C5H13NO.CH3NO/c1-3-4-11-5-6-12(7-9(2)13)8-10(14)15;1-2-4-7-5-3-6;2-1-3/h11,13H,2-8H2,1H3,(H,14,15);2-6H2,1H3;1H,(H2,2,3). The molecule has 9 nitrogen and oxygen atoms in total. The van der Waals surface area contributed by atoms with Gasteiger partial charge in [0.25, 0.3) is 0 Å². The number of aliphatic carboxylic acids is 1. The Balaban J connectivity index is -0.000000401. The molecular formula is C16H36N4O5. The number of nitrogens with zero attached hydrogens (tertiary/aromatic N) is 1. The maximum absolute atomic E-state index is 10.5. The zero-order chi connectivity index (χ0) is 19.9. The molecular weight excluding hydrogens is 328 g/mol. The number of hydrogen-bond acceptors (Lipinski definition) is 7. The summed E-state index contributed by atoms with van der Waals surface area (Å²) in [6.45, 7) is 12.0. The van der Waals surface area contributed by atoms with Crippen LogP contribution < -0.4 is 16.8 Å². The molecule has 1 amide bonds. The number of ether oxygens (including phenoxy) is 1. The molecule has 0 fully saturated rings. The zero-order valence-electron chi connectivity index (χ0n) is 15.6. The molecule has 0 radical (unpaired) electrons. The van der Waals surface area contributed by atoms with E-state index in [2.05, 4.69) is 31.5 Å². The third-order valence-corrected chi connectivity index (χ3v) is 2.41. The summed E-state index contributed by atoms with van der Waals surface area (Å²) in [5, 5.41) is 20.8. The van der Waals surface area contributed by atoms with Crippen molar-refractivity contribution < 1.29 is 24.5 Å².